The zero-order valence-corrected chi connectivity index (χ0v) is 21.8. The Morgan fingerprint density at radius 1 is 1.06 bits per heavy atom. The summed E-state index contributed by atoms with van der Waals surface area (Å²) in [6, 6.07) is 16.7. The molecule has 2 aromatic carbocycles. The SMILES string of the molecule is CN1C(C2CCCCC2)CN(c2ccccc2)c2cc(Cl)c(-c3ccc(C(=O)O)s3)cc2S1(O)O. The van der Waals surface area contributed by atoms with Crippen molar-refractivity contribution in [1.29, 1.82) is 0 Å². The molecule has 3 aromatic rings. The molecule has 1 aromatic heterocycles. The van der Waals surface area contributed by atoms with Crippen LogP contribution in [-0.2, 0) is 0 Å². The minimum Gasteiger partial charge on any atom is -0.477 e. The zero-order valence-electron chi connectivity index (χ0n) is 19.4. The Bertz CT molecular complexity index is 1230. The number of rotatable bonds is 4. The molecular formula is C26H29ClN2O4S2. The van der Waals surface area contributed by atoms with Crippen molar-refractivity contribution in [3.63, 3.8) is 0 Å². The number of thiophene rings is 1. The van der Waals surface area contributed by atoms with Crippen LogP contribution in [0.25, 0.3) is 10.4 Å². The summed E-state index contributed by atoms with van der Waals surface area (Å²) in [5.74, 6) is -0.632. The van der Waals surface area contributed by atoms with Gasteiger partial charge < -0.3 is 10.0 Å². The first-order valence-corrected chi connectivity index (χ1v) is 14.5. The van der Waals surface area contributed by atoms with E-state index in [1.165, 1.54) is 6.42 Å². The summed E-state index contributed by atoms with van der Waals surface area (Å²) in [6.07, 6.45) is 5.69. The van der Waals surface area contributed by atoms with Gasteiger partial charge in [0.1, 0.15) is 4.88 Å². The Morgan fingerprint density at radius 2 is 1.77 bits per heavy atom. The number of likely N-dealkylation sites (N-methyl/N-ethyl adjacent to an activating group) is 1. The topological polar surface area (TPSA) is 84.2 Å². The van der Waals surface area contributed by atoms with Crippen molar-refractivity contribution in [3.05, 3.63) is 64.5 Å². The van der Waals surface area contributed by atoms with E-state index in [2.05, 4.69) is 4.90 Å². The highest BCUT2D eigenvalue weighted by atomic mass is 35.5. The molecule has 1 aliphatic carbocycles. The van der Waals surface area contributed by atoms with E-state index < -0.39 is 16.7 Å². The monoisotopic (exact) mass is 532 g/mol. The Kier molecular flexibility index (Phi) is 6.87. The average molecular weight is 533 g/mol. The molecule has 1 atom stereocenters. The van der Waals surface area contributed by atoms with E-state index in [0.717, 1.165) is 42.7 Å². The van der Waals surface area contributed by atoms with Crippen LogP contribution in [0.1, 0.15) is 41.8 Å². The summed E-state index contributed by atoms with van der Waals surface area (Å²) in [4.78, 5) is 14.9. The highest BCUT2D eigenvalue weighted by Crippen LogP contribution is 2.60. The van der Waals surface area contributed by atoms with Crippen LogP contribution in [0.3, 0.4) is 0 Å². The summed E-state index contributed by atoms with van der Waals surface area (Å²) in [7, 11) is -1.52. The lowest BCUT2D eigenvalue weighted by molar-refractivity contribution is 0.0702. The van der Waals surface area contributed by atoms with E-state index in [0.29, 0.717) is 38.5 Å². The second-order valence-corrected chi connectivity index (χ2v) is 12.8. The third-order valence-electron chi connectivity index (χ3n) is 7.22. The first-order chi connectivity index (χ1) is 16.8. The lowest BCUT2D eigenvalue weighted by Crippen LogP contribution is -2.45. The van der Waals surface area contributed by atoms with E-state index in [4.69, 9.17) is 11.6 Å². The van der Waals surface area contributed by atoms with Crippen LogP contribution in [0.5, 0.6) is 0 Å². The van der Waals surface area contributed by atoms with Crippen molar-refractivity contribution in [2.24, 2.45) is 5.92 Å². The van der Waals surface area contributed by atoms with E-state index in [1.54, 1.807) is 28.6 Å². The van der Waals surface area contributed by atoms with Gasteiger partial charge in [-0.15, -0.1) is 22.1 Å². The molecule has 2 heterocycles. The van der Waals surface area contributed by atoms with Crippen LogP contribution in [-0.4, -0.2) is 44.1 Å². The molecule has 6 nitrogen and oxygen atoms in total. The molecule has 1 unspecified atom stereocenters. The third kappa shape index (κ3) is 4.59. The molecule has 3 N–H and O–H groups in total. The van der Waals surface area contributed by atoms with Gasteiger partial charge in [0.25, 0.3) is 0 Å². The van der Waals surface area contributed by atoms with E-state index in [1.807, 2.05) is 37.4 Å². The third-order valence-corrected chi connectivity index (χ3v) is 10.6. The smallest absolute Gasteiger partial charge is 0.345 e. The molecule has 2 aliphatic rings. The van der Waals surface area contributed by atoms with Crippen molar-refractivity contribution in [1.82, 2.24) is 4.31 Å². The van der Waals surface area contributed by atoms with Gasteiger partial charge in [-0.3, -0.25) is 9.11 Å². The van der Waals surface area contributed by atoms with Gasteiger partial charge >= 0.3 is 5.97 Å². The predicted octanol–water partition coefficient (Wildman–Crippen LogP) is 7.82. The fourth-order valence-electron chi connectivity index (χ4n) is 5.32. The van der Waals surface area contributed by atoms with Crippen LogP contribution in [0, 0.1) is 5.92 Å². The summed E-state index contributed by atoms with van der Waals surface area (Å²) < 4.78 is 25.2. The van der Waals surface area contributed by atoms with Crippen molar-refractivity contribution in [2.75, 3.05) is 18.5 Å². The molecule has 35 heavy (non-hydrogen) atoms. The molecule has 0 bridgehead atoms. The van der Waals surface area contributed by atoms with E-state index >= 15 is 0 Å². The number of hydrogen-bond acceptors (Lipinski definition) is 6. The number of anilines is 2. The van der Waals surface area contributed by atoms with Gasteiger partial charge in [0.15, 0.2) is 0 Å². The standard InChI is InChI=1S/C26H29ClN2O4S2/c1-28-22(17-8-4-2-5-9-17)16-29(18-10-6-3-7-11-18)21-15-20(27)19(14-25(21)35(28,32)33)23-12-13-24(34-23)26(30)31/h3,6-7,10-15,17,22,32-33H,2,4-5,8-9,16H2,1H3,(H,30,31). The number of nitrogens with zero attached hydrogens (tertiary/aromatic N) is 2. The second-order valence-electron chi connectivity index (χ2n) is 9.25. The molecule has 1 fully saturated rings. The highest BCUT2D eigenvalue weighted by molar-refractivity contribution is 8.22. The molecule has 0 amide bonds. The first kappa shape index (κ1) is 24.6. The van der Waals surface area contributed by atoms with Gasteiger partial charge in [-0.05, 0) is 55.2 Å². The molecule has 0 saturated heterocycles. The van der Waals surface area contributed by atoms with Gasteiger partial charge in [0.2, 0.25) is 0 Å². The minimum atomic E-state index is -3.33. The zero-order chi connectivity index (χ0) is 24.7. The van der Waals surface area contributed by atoms with E-state index in [-0.39, 0.29) is 10.9 Å². The van der Waals surface area contributed by atoms with Gasteiger partial charge in [-0.25, -0.2) is 4.79 Å². The molecular weight excluding hydrogens is 504 g/mol. The van der Waals surface area contributed by atoms with Crippen molar-refractivity contribution >= 4 is 51.1 Å². The Labute approximate surface area is 216 Å². The molecule has 5 rings (SSSR count). The van der Waals surface area contributed by atoms with Crippen molar-refractivity contribution in [2.45, 2.75) is 43.0 Å². The molecule has 9 heteroatoms. The molecule has 1 saturated carbocycles. The van der Waals surface area contributed by atoms with Crippen LogP contribution in [0.4, 0.5) is 11.4 Å². The number of hydrogen-bond donors (Lipinski definition) is 3. The number of para-hydroxylation sites is 1. The van der Waals surface area contributed by atoms with Crippen molar-refractivity contribution < 1.29 is 19.0 Å². The Hall–Kier alpha value is -2.07. The molecule has 0 radical (unpaired) electrons. The number of halogens is 1. The normalized spacial score (nSPS) is 21.8. The number of carboxylic acid groups (broad SMARTS) is 1. The average Bonchev–Trinajstić information content (AvgIpc) is 3.33. The minimum absolute atomic E-state index is 0.0458. The van der Waals surface area contributed by atoms with Crippen molar-refractivity contribution in [3.8, 4) is 10.4 Å². The summed E-state index contributed by atoms with van der Waals surface area (Å²) in [5.41, 5.74) is 2.23. The maximum Gasteiger partial charge on any atom is 0.345 e. The van der Waals surface area contributed by atoms with Gasteiger partial charge in [0, 0.05) is 35.8 Å². The number of aromatic carboxylic acids is 1. The fourth-order valence-corrected chi connectivity index (χ4v) is 8.16. The fraction of sp³-hybridized carbons (Fsp3) is 0.346. The maximum absolute atomic E-state index is 11.7. The predicted molar refractivity (Wildman–Crippen MR) is 144 cm³/mol. The lowest BCUT2D eigenvalue weighted by atomic mass is 9.83. The van der Waals surface area contributed by atoms with Crippen LogP contribution >= 0.6 is 33.7 Å². The number of carboxylic acids is 1. The Balaban J connectivity index is 1.67. The first-order valence-electron chi connectivity index (χ1n) is 11.8. The lowest BCUT2D eigenvalue weighted by Gasteiger charge is -2.46. The molecule has 0 spiro atoms. The van der Waals surface area contributed by atoms with Crippen LogP contribution < -0.4 is 4.90 Å². The number of benzene rings is 2. The second kappa shape index (κ2) is 9.76. The van der Waals surface area contributed by atoms with Crippen LogP contribution in [0.2, 0.25) is 5.02 Å². The largest absolute Gasteiger partial charge is 0.477 e. The number of fused-ring (bicyclic) bond motifs is 1. The van der Waals surface area contributed by atoms with Crippen LogP contribution in [0.15, 0.2) is 59.5 Å². The van der Waals surface area contributed by atoms with Gasteiger partial charge in [0.05, 0.1) is 15.6 Å². The highest BCUT2D eigenvalue weighted by Gasteiger charge is 2.41. The summed E-state index contributed by atoms with van der Waals surface area (Å²) in [5, 5.41) is 9.81. The van der Waals surface area contributed by atoms with Gasteiger partial charge in [-0.1, -0.05) is 49.1 Å². The number of carbonyl (C=O) groups is 1. The maximum atomic E-state index is 11.7. The van der Waals surface area contributed by atoms with E-state index in [9.17, 15) is 19.0 Å². The molecule has 186 valence electrons. The summed E-state index contributed by atoms with van der Waals surface area (Å²) >= 11 is 7.89. The van der Waals surface area contributed by atoms with Gasteiger partial charge in [-0.2, -0.15) is 4.31 Å². The Morgan fingerprint density at radius 3 is 2.43 bits per heavy atom. The summed E-state index contributed by atoms with van der Waals surface area (Å²) in [6.45, 7) is 0.617. The molecule has 1 aliphatic heterocycles. The quantitative estimate of drug-likeness (QED) is 0.317.